The van der Waals surface area contributed by atoms with Crippen LogP contribution >= 0.6 is 0 Å². The number of rotatable bonds is 9. The van der Waals surface area contributed by atoms with Gasteiger partial charge in [-0.3, -0.25) is 4.79 Å². The summed E-state index contributed by atoms with van der Waals surface area (Å²) in [5.74, 6) is -0.263. The van der Waals surface area contributed by atoms with Crippen LogP contribution in [0.5, 0.6) is 0 Å². The van der Waals surface area contributed by atoms with Crippen LogP contribution in [0.1, 0.15) is 39.0 Å². The van der Waals surface area contributed by atoms with Gasteiger partial charge >= 0.3 is 0 Å². The summed E-state index contributed by atoms with van der Waals surface area (Å²) in [7, 11) is 6.21. The Labute approximate surface area is 123 Å². The summed E-state index contributed by atoms with van der Waals surface area (Å²) in [6.07, 6.45) is 5.58. The average molecular weight is 284 g/mol. The number of carbonyl (C=O) groups is 1. The Bertz CT molecular complexity index is 310. The van der Waals surface area contributed by atoms with Crippen LogP contribution in [0.4, 0.5) is 0 Å². The molecule has 0 spiro atoms. The molecule has 1 aliphatic rings. The second-order valence-corrected chi connectivity index (χ2v) is 6.44. The van der Waals surface area contributed by atoms with Gasteiger partial charge in [-0.25, -0.2) is 0 Å². The molecule has 20 heavy (non-hydrogen) atoms. The first kappa shape index (κ1) is 17.4. The molecule has 118 valence electrons. The standard InChI is InChI=1S/C15H32N4O/c1-15(17-2,14(16)20)9-5-6-10-18(3)12-13-8-7-11-19(13)4/h13,17H,5-12H2,1-4H3,(H2,16,20). The van der Waals surface area contributed by atoms with Gasteiger partial charge in [0.1, 0.15) is 0 Å². The number of nitrogens with one attached hydrogen (secondary N) is 1. The Morgan fingerprint density at radius 1 is 1.50 bits per heavy atom. The third kappa shape index (κ3) is 5.04. The highest BCUT2D eigenvalue weighted by atomic mass is 16.1. The van der Waals surface area contributed by atoms with E-state index in [-0.39, 0.29) is 5.91 Å². The van der Waals surface area contributed by atoms with Crippen LogP contribution in [-0.2, 0) is 4.79 Å². The lowest BCUT2D eigenvalue weighted by Gasteiger charge is -2.27. The smallest absolute Gasteiger partial charge is 0.237 e. The van der Waals surface area contributed by atoms with E-state index in [1.165, 1.54) is 19.4 Å². The van der Waals surface area contributed by atoms with E-state index in [2.05, 4.69) is 29.2 Å². The van der Waals surface area contributed by atoms with Gasteiger partial charge in [0.05, 0.1) is 5.54 Å². The van der Waals surface area contributed by atoms with Crippen molar-refractivity contribution >= 4 is 5.91 Å². The molecule has 5 heteroatoms. The Morgan fingerprint density at radius 2 is 2.20 bits per heavy atom. The van der Waals surface area contributed by atoms with Crippen molar-refractivity contribution in [2.45, 2.75) is 50.6 Å². The van der Waals surface area contributed by atoms with Crippen molar-refractivity contribution in [3.05, 3.63) is 0 Å². The number of primary amides is 1. The first-order chi connectivity index (χ1) is 9.39. The quantitative estimate of drug-likeness (QED) is 0.610. The fourth-order valence-electron chi connectivity index (χ4n) is 2.89. The highest BCUT2D eigenvalue weighted by Crippen LogP contribution is 2.16. The number of carbonyl (C=O) groups excluding carboxylic acids is 1. The third-order valence-electron chi connectivity index (χ3n) is 4.76. The van der Waals surface area contributed by atoms with Crippen LogP contribution in [0.2, 0.25) is 0 Å². The summed E-state index contributed by atoms with van der Waals surface area (Å²) in [6, 6.07) is 0.716. The van der Waals surface area contributed by atoms with Gasteiger partial charge in [-0.1, -0.05) is 0 Å². The monoisotopic (exact) mass is 284 g/mol. The molecule has 0 radical (unpaired) electrons. The first-order valence-corrected chi connectivity index (χ1v) is 7.76. The maximum atomic E-state index is 11.4. The minimum absolute atomic E-state index is 0.263. The molecule has 1 amide bonds. The lowest BCUT2D eigenvalue weighted by molar-refractivity contribution is -0.123. The molecule has 0 aliphatic carbocycles. The fourth-order valence-corrected chi connectivity index (χ4v) is 2.89. The van der Waals surface area contributed by atoms with Crippen LogP contribution in [0.15, 0.2) is 0 Å². The van der Waals surface area contributed by atoms with E-state index in [1.807, 2.05) is 6.92 Å². The van der Waals surface area contributed by atoms with E-state index in [0.717, 1.165) is 32.4 Å². The summed E-state index contributed by atoms with van der Waals surface area (Å²) in [6.45, 7) is 5.35. The van der Waals surface area contributed by atoms with E-state index in [4.69, 9.17) is 5.73 Å². The van der Waals surface area contributed by atoms with Crippen molar-refractivity contribution < 1.29 is 4.79 Å². The van der Waals surface area contributed by atoms with Crippen molar-refractivity contribution in [3.8, 4) is 0 Å². The molecule has 0 bridgehead atoms. The number of hydrogen-bond acceptors (Lipinski definition) is 4. The van der Waals surface area contributed by atoms with Gasteiger partial charge in [0.25, 0.3) is 0 Å². The summed E-state index contributed by atoms with van der Waals surface area (Å²) < 4.78 is 0. The molecule has 2 atom stereocenters. The summed E-state index contributed by atoms with van der Waals surface area (Å²) in [4.78, 5) is 16.3. The van der Waals surface area contributed by atoms with Gasteiger partial charge in [-0.2, -0.15) is 0 Å². The predicted octanol–water partition coefficient (Wildman–Crippen LogP) is 0.646. The van der Waals surface area contributed by atoms with E-state index >= 15 is 0 Å². The van der Waals surface area contributed by atoms with Crippen LogP contribution < -0.4 is 11.1 Å². The minimum Gasteiger partial charge on any atom is -0.368 e. The van der Waals surface area contributed by atoms with Gasteiger partial charge < -0.3 is 20.9 Å². The molecule has 1 saturated heterocycles. The maximum absolute atomic E-state index is 11.4. The number of hydrogen-bond donors (Lipinski definition) is 2. The molecule has 0 saturated carbocycles. The number of amides is 1. The summed E-state index contributed by atoms with van der Waals surface area (Å²) in [5.41, 5.74) is 4.87. The van der Waals surface area contributed by atoms with Crippen molar-refractivity contribution in [3.63, 3.8) is 0 Å². The Hall–Kier alpha value is -0.650. The lowest BCUT2D eigenvalue weighted by Crippen LogP contribution is -2.51. The fraction of sp³-hybridized carbons (Fsp3) is 0.933. The number of likely N-dealkylation sites (tertiary alicyclic amines) is 1. The molecular formula is C15H32N4O. The largest absolute Gasteiger partial charge is 0.368 e. The number of nitrogens with two attached hydrogens (primary N) is 1. The Kier molecular flexibility index (Phi) is 6.92. The molecule has 0 aromatic heterocycles. The van der Waals surface area contributed by atoms with Crippen LogP contribution in [0.25, 0.3) is 0 Å². The molecule has 1 heterocycles. The van der Waals surface area contributed by atoms with E-state index in [1.54, 1.807) is 7.05 Å². The Balaban J connectivity index is 2.18. The first-order valence-electron chi connectivity index (χ1n) is 7.76. The topological polar surface area (TPSA) is 61.6 Å². The zero-order valence-electron chi connectivity index (χ0n) is 13.6. The van der Waals surface area contributed by atoms with E-state index in [9.17, 15) is 4.79 Å². The van der Waals surface area contributed by atoms with E-state index in [0.29, 0.717) is 6.04 Å². The van der Waals surface area contributed by atoms with Gasteiger partial charge in [-0.05, 0) is 73.3 Å². The van der Waals surface area contributed by atoms with Crippen molar-refractivity contribution in [1.29, 1.82) is 0 Å². The molecule has 5 nitrogen and oxygen atoms in total. The van der Waals surface area contributed by atoms with Gasteiger partial charge in [0.15, 0.2) is 0 Å². The second-order valence-electron chi connectivity index (χ2n) is 6.44. The van der Waals surface area contributed by atoms with Crippen LogP contribution in [0.3, 0.4) is 0 Å². The zero-order chi connectivity index (χ0) is 15.2. The van der Waals surface area contributed by atoms with E-state index < -0.39 is 5.54 Å². The number of unbranched alkanes of at least 4 members (excludes halogenated alkanes) is 1. The molecule has 2 unspecified atom stereocenters. The highest BCUT2D eigenvalue weighted by molar-refractivity contribution is 5.84. The van der Waals surface area contributed by atoms with Crippen molar-refractivity contribution in [2.75, 3.05) is 40.8 Å². The molecule has 3 N–H and O–H groups in total. The van der Waals surface area contributed by atoms with Gasteiger partial charge in [0, 0.05) is 12.6 Å². The zero-order valence-corrected chi connectivity index (χ0v) is 13.6. The summed E-state index contributed by atoms with van der Waals surface area (Å²) in [5, 5.41) is 3.04. The van der Waals surface area contributed by atoms with Crippen molar-refractivity contribution in [2.24, 2.45) is 5.73 Å². The highest BCUT2D eigenvalue weighted by Gasteiger charge is 2.28. The van der Waals surface area contributed by atoms with Gasteiger partial charge in [-0.15, -0.1) is 0 Å². The maximum Gasteiger partial charge on any atom is 0.237 e. The molecule has 1 aliphatic heterocycles. The van der Waals surface area contributed by atoms with Crippen LogP contribution in [-0.4, -0.2) is 68.1 Å². The minimum atomic E-state index is -0.565. The number of nitrogens with zero attached hydrogens (tertiary/aromatic N) is 2. The molecule has 1 rings (SSSR count). The predicted molar refractivity (Wildman–Crippen MR) is 83.7 cm³/mol. The SMILES string of the molecule is CNC(C)(CCCCN(C)CC1CCCN1C)C(N)=O. The Morgan fingerprint density at radius 3 is 2.70 bits per heavy atom. The van der Waals surface area contributed by atoms with Gasteiger partial charge in [0.2, 0.25) is 5.91 Å². The second kappa shape index (κ2) is 7.96. The molecular weight excluding hydrogens is 252 g/mol. The average Bonchev–Trinajstić information content (AvgIpc) is 2.79. The molecule has 0 aromatic carbocycles. The molecule has 0 aromatic rings. The lowest BCUT2D eigenvalue weighted by atomic mass is 9.94. The van der Waals surface area contributed by atoms with Crippen LogP contribution in [0, 0.1) is 0 Å². The number of likely N-dealkylation sites (N-methyl/N-ethyl adjacent to an activating group) is 3. The molecule has 1 fully saturated rings. The summed E-state index contributed by atoms with van der Waals surface area (Å²) >= 11 is 0. The third-order valence-corrected chi connectivity index (χ3v) is 4.76. The van der Waals surface area contributed by atoms with Crippen molar-refractivity contribution in [1.82, 2.24) is 15.1 Å². The normalized spacial score (nSPS) is 23.1.